The predicted molar refractivity (Wildman–Crippen MR) is 116 cm³/mol. The SMILES string of the molecule is CNc1cccc(Nc2c(C)c3ccc(OC4N=CC=CN4C)cc3oc2=O)c1. The fourth-order valence-corrected chi connectivity index (χ4v) is 3.16. The zero-order valence-electron chi connectivity index (χ0n) is 16.5. The third-order valence-corrected chi connectivity index (χ3v) is 4.77. The molecule has 29 heavy (non-hydrogen) atoms. The summed E-state index contributed by atoms with van der Waals surface area (Å²) in [4.78, 5) is 18.8. The first-order valence-electron chi connectivity index (χ1n) is 9.26. The van der Waals surface area contributed by atoms with Crippen LogP contribution in [0.15, 0.2) is 68.9 Å². The van der Waals surface area contributed by atoms with Crippen LogP contribution in [0.3, 0.4) is 0 Å². The number of benzene rings is 2. The molecule has 1 atom stereocenters. The summed E-state index contributed by atoms with van der Waals surface area (Å²) in [5, 5.41) is 7.10. The van der Waals surface area contributed by atoms with E-state index >= 15 is 0 Å². The van der Waals surface area contributed by atoms with Crippen LogP contribution in [0.25, 0.3) is 11.0 Å². The second kappa shape index (κ2) is 7.71. The molecule has 2 aromatic carbocycles. The van der Waals surface area contributed by atoms with E-state index in [1.807, 2.05) is 74.6 Å². The Morgan fingerprint density at radius 3 is 2.79 bits per heavy atom. The molecule has 1 aliphatic rings. The van der Waals surface area contributed by atoms with Gasteiger partial charge in [-0.2, -0.15) is 0 Å². The van der Waals surface area contributed by atoms with Gasteiger partial charge in [-0.1, -0.05) is 6.07 Å². The van der Waals surface area contributed by atoms with Gasteiger partial charge in [0.25, 0.3) is 6.35 Å². The number of hydrogen-bond acceptors (Lipinski definition) is 7. The second-order valence-electron chi connectivity index (χ2n) is 6.75. The van der Waals surface area contributed by atoms with Gasteiger partial charge in [0, 0.05) is 49.3 Å². The van der Waals surface area contributed by atoms with E-state index in [1.54, 1.807) is 12.3 Å². The van der Waals surface area contributed by atoms with Gasteiger partial charge >= 0.3 is 5.63 Å². The normalized spacial score (nSPS) is 15.6. The molecule has 0 bridgehead atoms. The molecule has 0 amide bonds. The molecular formula is C22H22N4O3. The number of anilines is 3. The van der Waals surface area contributed by atoms with Crippen LogP contribution >= 0.6 is 0 Å². The molecular weight excluding hydrogens is 368 g/mol. The van der Waals surface area contributed by atoms with Crippen molar-refractivity contribution in [3.63, 3.8) is 0 Å². The van der Waals surface area contributed by atoms with Gasteiger partial charge in [0.1, 0.15) is 17.0 Å². The van der Waals surface area contributed by atoms with Gasteiger partial charge in [-0.25, -0.2) is 9.79 Å². The first kappa shape index (κ1) is 18.6. The van der Waals surface area contributed by atoms with Crippen molar-refractivity contribution >= 4 is 34.2 Å². The van der Waals surface area contributed by atoms with Crippen LogP contribution in [0, 0.1) is 6.92 Å². The Bertz CT molecular complexity index is 1170. The zero-order valence-corrected chi connectivity index (χ0v) is 16.5. The van der Waals surface area contributed by atoms with Crippen LogP contribution in [0.4, 0.5) is 17.1 Å². The average Bonchev–Trinajstić information content (AvgIpc) is 2.73. The summed E-state index contributed by atoms with van der Waals surface area (Å²) in [5.74, 6) is 0.576. The topological polar surface area (TPSA) is 79.1 Å². The van der Waals surface area contributed by atoms with E-state index in [-0.39, 0.29) is 0 Å². The summed E-state index contributed by atoms with van der Waals surface area (Å²) in [5.41, 5.74) is 3.02. The van der Waals surface area contributed by atoms with E-state index < -0.39 is 12.0 Å². The number of hydrogen-bond donors (Lipinski definition) is 2. The highest BCUT2D eigenvalue weighted by molar-refractivity contribution is 5.86. The third-order valence-electron chi connectivity index (χ3n) is 4.77. The zero-order chi connectivity index (χ0) is 20.4. The summed E-state index contributed by atoms with van der Waals surface area (Å²) in [6.45, 7) is 1.90. The van der Waals surface area contributed by atoms with Crippen molar-refractivity contribution in [2.75, 3.05) is 24.7 Å². The quantitative estimate of drug-likeness (QED) is 0.639. The molecule has 0 spiro atoms. The molecule has 0 radical (unpaired) electrons. The van der Waals surface area contributed by atoms with E-state index in [0.29, 0.717) is 17.0 Å². The highest BCUT2D eigenvalue weighted by Gasteiger charge is 2.16. The van der Waals surface area contributed by atoms with E-state index in [0.717, 1.165) is 22.3 Å². The number of aliphatic imine (C=N–C) groups is 1. The van der Waals surface area contributed by atoms with Crippen molar-refractivity contribution < 1.29 is 9.15 Å². The standard InChI is InChI=1S/C22H22N4O3/c1-14-18-9-8-17(28-22-24-10-5-11-26(22)3)13-19(18)29-21(27)20(14)25-16-7-4-6-15(12-16)23-2/h4-13,22-23,25H,1-3H3. The van der Waals surface area contributed by atoms with Gasteiger partial charge in [-0.15, -0.1) is 0 Å². The van der Waals surface area contributed by atoms with Crippen LogP contribution in [-0.4, -0.2) is 31.6 Å². The van der Waals surface area contributed by atoms with E-state index in [2.05, 4.69) is 15.6 Å². The molecule has 0 saturated heterocycles. The smallest absolute Gasteiger partial charge is 0.360 e. The molecule has 0 aliphatic carbocycles. The number of allylic oxidation sites excluding steroid dienone is 1. The third kappa shape index (κ3) is 3.80. The predicted octanol–water partition coefficient (Wildman–Crippen LogP) is 4.08. The first-order chi connectivity index (χ1) is 14.0. The maximum absolute atomic E-state index is 12.6. The molecule has 148 valence electrons. The Morgan fingerprint density at radius 1 is 1.17 bits per heavy atom. The number of nitrogens with one attached hydrogen (secondary N) is 2. The van der Waals surface area contributed by atoms with Crippen LogP contribution in [0.2, 0.25) is 0 Å². The van der Waals surface area contributed by atoms with Gasteiger partial charge in [-0.3, -0.25) is 0 Å². The van der Waals surface area contributed by atoms with Gasteiger partial charge < -0.3 is 24.7 Å². The minimum Gasteiger partial charge on any atom is -0.450 e. The van der Waals surface area contributed by atoms with Crippen LogP contribution in [0.1, 0.15) is 5.56 Å². The van der Waals surface area contributed by atoms with Crippen molar-refractivity contribution in [3.8, 4) is 5.75 Å². The number of nitrogens with zero attached hydrogens (tertiary/aromatic N) is 2. The maximum atomic E-state index is 12.6. The van der Waals surface area contributed by atoms with Gasteiger partial charge in [0.05, 0.1) is 0 Å². The number of aryl methyl sites for hydroxylation is 1. The molecule has 1 aliphatic heterocycles. The Hall–Kier alpha value is -3.74. The summed E-state index contributed by atoms with van der Waals surface area (Å²) in [7, 11) is 3.73. The van der Waals surface area contributed by atoms with E-state index in [9.17, 15) is 4.79 Å². The monoisotopic (exact) mass is 390 g/mol. The molecule has 7 heteroatoms. The Morgan fingerprint density at radius 2 is 2.00 bits per heavy atom. The fourth-order valence-electron chi connectivity index (χ4n) is 3.16. The maximum Gasteiger partial charge on any atom is 0.360 e. The lowest BCUT2D eigenvalue weighted by molar-refractivity contribution is 0.0870. The van der Waals surface area contributed by atoms with Crippen molar-refractivity contribution in [1.29, 1.82) is 0 Å². The van der Waals surface area contributed by atoms with E-state index in [4.69, 9.17) is 9.15 Å². The molecule has 4 rings (SSSR count). The van der Waals surface area contributed by atoms with Crippen molar-refractivity contribution in [3.05, 3.63) is 70.7 Å². The largest absolute Gasteiger partial charge is 0.450 e. The molecule has 2 N–H and O–H groups in total. The first-order valence-corrected chi connectivity index (χ1v) is 9.26. The van der Waals surface area contributed by atoms with Crippen LogP contribution in [0.5, 0.6) is 5.75 Å². The lowest BCUT2D eigenvalue weighted by Crippen LogP contribution is -2.32. The lowest BCUT2D eigenvalue weighted by atomic mass is 10.1. The Balaban J connectivity index is 1.66. The van der Waals surface area contributed by atoms with Gasteiger partial charge in [0.2, 0.25) is 0 Å². The molecule has 7 nitrogen and oxygen atoms in total. The van der Waals surface area contributed by atoms with Crippen molar-refractivity contribution in [2.45, 2.75) is 13.3 Å². The second-order valence-corrected chi connectivity index (χ2v) is 6.75. The number of fused-ring (bicyclic) bond motifs is 1. The number of ether oxygens (including phenoxy) is 1. The average molecular weight is 390 g/mol. The summed E-state index contributed by atoms with van der Waals surface area (Å²) < 4.78 is 11.5. The fraction of sp³-hybridized carbons (Fsp3) is 0.182. The Kier molecular flexibility index (Phi) is 4.95. The summed E-state index contributed by atoms with van der Waals surface area (Å²) in [6, 6.07) is 13.1. The molecule has 1 unspecified atom stereocenters. The summed E-state index contributed by atoms with van der Waals surface area (Å²) >= 11 is 0. The van der Waals surface area contributed by atoms with Crippen LogP contribution < -0.4 is 21.0 Å². The molecule has 3 aromatic rings. The molecule has 0 saturated carbocycles. The minimum absolute atomic E-state index is 0.418. The highest BCUT2D eigenvalue weighted by Crippen LogP contribution is 2.29. The van der Waals surface area contributed by atoms with Crippen molar-refractivity contribution in [1.82, 2.24) is 4.90 Å². The summed E-state index contributed by atoms with van der Waals surface area (Å²) in [6.07, 6.45) is 4.95. The number of rotatable bonds is 5. The minimum atomic E-state index is -0.453. The van der Waals surface area contributed by atoms with Crippen molar-refractivity contribution in [2.24, 2.45) is 4.99 Å². The molecule has 2 heterocycles. The molecule has 0 fully saturated rings. The Labute approximate surface area is 168 Å². The van der Waals surface area contributed by atoms with Gasteiger partial charge in [0.15, 0.2) is 0 Å². The molecule has 1 aromatic heterocycles. The van der Waals surface area contributed by atoms with E-state index in [1.165, 1.54) is 0 Å². The van der Waals surface area contributed by atoms with Crippen LogP contribution in [-0.2, 0) is 0 Å². The highest BCUT2D eigenvalue weighted by atomic mass is 16.5. The lowest BCUT2D eigenvalue weighted by Gasteiger charge is -2.25. The van der Waals surface area contributed by atoms with Gasteiger partial charge in [-0.05, 0) is 48.9 Å².